The Morgan fingerprint density at radius 1 is 0.667 bits per heavy atom. The van der Waals surface area contributed by atoms with Gasteiger partial charge in [0.15, 0.2) is 12.4 Å². The molecule has 4 atom stereocenters. The van der Waals surface area contributed by atoms with E-state index in [9.17, 15) is 28.8 Å². The third-order valence-corrected chi connectivity index (χ3v) is 11.9. The molecule has 0 saturated carbocycles. The molecule has 328 valence electrons. The van der Waals surface area contributed by atoms with E-state index in [1.165, 1.54) is 11.3 Å². The van der Waals surface area contributed by atoms with Gasteiger partial charge in [0.25, 0.3) is 5.91 Å². The lowest BCUT2D eigenvalue weighted by Gasteiger charge is -2.26. The number of unbranched alkanes of at least 4 members (excludes halogenated alkanes) is 2. The molecule has 0 spiro atoms. The lowest BCUT2D eigenvalue weighted by atomic mass is 9.89. The second-order valence-electron chi connectivity index (χ2n) is 15.8. The smallest absolute Gasteiger partial charge is 0.303 e. The van der Waals surface area contributed by atoms with Gasteiger partial charge in [-0.1, -0.05) is 110 Å². The number of fused-ring (bicyclic) bond motifs is 16. The number of carbonyl (C=O) groups is 6. The predicted octanol–water partition coefficient (Wildman–Crippen LogP) is 6.26. The number of thiophene rings is 1. The minimum Gasteiger partial charge on any atom is -0.484 e. The SMILES string of the molecule is O=C(O)CCCCCNC(=O)[C@H]1CC(=O)[C@@H](CCc2ccccc2)NC(=O)[C@H](Cc2ccc(-c3ccccc3)cc2)NC(=O)[C@@H](Cc2cccs2)NC(=O)COc2ccc(cc2)C1. The van der Waals surface area contributed by atoms with Crippen LogP contribution in [0.4, 0.5) is 0 Å². The van der Waals surface area contributed by atoms with Gasteiger partial charge < -0.3 is 31.1 Å². The van der Waals surface area contributed by atoms with Crippen molar-refractivity contribution in [3.05, 3.63) is 148 Å². The second kappa shape index (κ2) is 23.6. The number of aryl methyl sites for hydroxylation is 1. The van der Waals surface area contributed by atoms with E-state index in [4.69, 9.17) is 9.84 Å². The summed E-state index contributed by atoms with van der Waals surface area (Å²) in [5, 5.41) is 22.5. The van der Waals surface area contributed by atoms with Gasteiger partial charge in [-0.05, 0) is 83.5 Å². The number of hydrogen-bond donors (Lipinski definition) is 5. The molecule has 4 aromatic carbocycles. The van der Waals surface area contributed by atoms with Crippen LogP contribution < -0.4 is 26.0 Å². The molecule has 0 fully saturated rings. The largest absolute Gasteiger partial charge is 0.484 e. The van der Waals surface area contributed by atoms with Gasteiger partial charge in [-0.15, -0.1) is 11.3 Å². The number of carbonyl (C=O) groups excluding carboxylic acids is 5. The summed E-state index contributed by atoms with van der Waals surface area (Å²) in [6.45, 7) is -0.0618. The zero-order valence-corrected chi connectivity index (χ0v) is 35.9. The van der Waals surface area contributed by atoms with Crippen molar-refractivity contribution in [3.63, 3.8) is 0 Å². The molecule has 2 aliphatic heterocycles. The zero-order valence-electron chi connectivity index (χ0n) is 35.1. The molecule has 1 aromatic heterocycles. The van der Waals surface area contributed by atoms with E-state index in [0.717, 1.165) is 32.7 Å². The molecule has 0 radical (unpaired) electrons. The molecule has 5 N–H and O–H groups in total. The molecule has 2 aliphatic rings. The highest BCUT2D eigenvalue weighted by atomic mass is 32.1. The molecule has 0 saturated heterocycles. The summed E-state index contributed by atoms with van der Waals surface area (Å²) in [6.07, 6.45) is 2.71. The molecular weight excluding hydrogens is 817 g/mol. The van der Waals surface area contributed by atoms with Crippen molar-refractivity contribution in [3.8, 4) is 16.9 Å². The third-order valence-electron chi connectivity index (χ3n) is 11.0. The van der Waals surface area contributed by atoms with Gasteiger partial charge in [-0.3, -0.25) is 28.8 Å². The second-order valence-corrected chi connectivity index (χ2v) is 16.8. The van der Waals surface area contributed by atoms with Gasteiger partial charge in [-0.25, -0.2) is 0 Å². The highest BCUT2D eigenvalue weighted by Crippen LogP contribution is 2.22. The molecule has 4 amide bonds. The molecule has 63 heavy (non-hydrogen) atoms. The Morgan fingerprint density at radius 2 is 1.33 bits per heavy atom. The van der Waals surface area contributed by atoms with Crippen LogP contribution in [0.1, 0.15) is 60.1 Å². The van der Waals surface area contributed by atoms with Crippen molar-refractivity contribution in [2.75, 3.05) is 13.2 Å². The van der Waals surface area contributed by atoms with Crippen molar-refractivity contribution >= 4 is 46.7 Å². The van der Waals surface area contributed by atoms with E-state index in [1.54, 1.807) is 24.3 Å². The fraction of sp³-hybridized carbons (Fsp3) is 0.320. The fourth-order valence-corrected chi connectivity index (χ4v) is 8.28. The lowest BCUT2D eigenvalue weighted by molar-refractivity contribution is -0.137. The summed E-state index contributed by atoms with van der Waals surface area (Å²) in [6, 6.07) is 34.6. The molecule has 5 aromatic rings. The first-order chi connectivity index (χ1) is 30.6. The van der Waals surface area contributed by atoms with Crippen molar-refractivity contribution in [1.29, 1.82) is 0 Å². The van der Waals surface area contributed by atoms with Crippen LogP contribution in [-0.2, 0) is 54.5 Å². The molecule has 7 rings (SSSR count). The van der Waals surface area contributed by atoms with Crippen LogP contribution in [0.3, 0.4) is 0 Å². The Balaban J connectivity index is 1.30. The number of Topliss-reactive ketones (excluding diaryl/α,β-unsaturated/α-hetero) is 1. The van der Waals surface area contributed by atoms with E-state index in [0.29, 0.717) is 38.0 Å². The van der Waals surface area contributed by atoms with Crippen LogP contribution in [0.5, 0.6) is 5.75 Å². The van der Waals surface area contributed by atoms with Crippen LogP contribution in [0.15, 0.2) is 127 Å². The maximum atomic E-state index is 14.6. The van der Waals surface area contributed by atoms with Crippen LogP contribution in [-0.4, -0.2) is 71.8 Å². The van der Waals surface area contributed by atoms with Gasteiger partial charge in [0.2, 0.25) is 17.7 Å². The fourth-order valence-electron chi connectivity index (χ4n) is 7.53. The number of ketones is 1. The number of amides is 4. The minimum atomic E-state index is -1.15. The van der Waals surface area contributed by atoms with Crippen LogP contribution >= 0.6 is 11.3 Å². The summed E-state index contributed by atoms with van der Waals surface area (Å²) in [4.78, 5) is 82.4. The summed E-state index contributed by atoms with van der Waals surface area (Å²) in [5.74, 6) is -3.63. The van der Waals surface area contributed by atoms with Crippen molar-refractivity contribution in [2.45, 2.75) is 82.3 Å². The summed E-state index contributed by atoms with van der Waals surface area (Å²) >= 11 is 1.44. The molecule has 0 aliphatic carbocycles. The minimum absolute atomic E-state index is 0.0480. The summed E-state index contributed by atoms with van der Waals surface area (Å²) in [5.41, 5.74) is 4.49. The standard InChI is InChI=1S/C50H54N4O8S/c55-45-31-39(48(59)51-27-9-3-8-16-47(57)58)29-35-19-24-40(25-20-35)62-33-46(56)52-44(32-41-15-10-28-63-41)50(61)54-43(49(60)53-42(45)26-21-34-11-4-1-5-12-34)30-36-17-22-38(23-18-36)37-13-6-2-7-14-37/h1-2,4-7,10-15,17-20,22-25,28,39,42-44H,3,8-9,16,21,26-27,29-33H2,(H,51,59)(H,52,56)(H,53,60)(H,54,61)(H,57,58)/t39-,42-,43+,44-/m1/s1. The topological polar surface area (TPSA) is 180 Å². The highest BCUT2D eigenvalue weighted by molar-refractivity contribution is 7.09. The Kier molecular flexibility index (Phi) is 17.2. The zero-order chi connectivity index (χ0) is 44.4. The number of hydrogen-bond acceptors (Lipinski definition) is 8. The van der Waals surface area contributed by atoms with E-state index >= 15 is 0 Å². The van der Waals surface area contributed by atoms with Crippen LogP contribution in [0, 0.1) is 5.92 Å². The van der Waals surface area contributed by atoms with Gasteiger partial charge >= 0.3 is 5.97 Å². The van der Waals surface area contributed by atoms with Crippen molar-refractivity contribution in [1.82, 2.24) is 21.3 Å². The predicted molar refractivity (Wildman–Crippen MR) is 242 cm³/mol. The maximum Gasteiger partial charge on any atom is 0.303 e. The first-order valence-corrected chi connectivity index (χ1v) is 22.3. The van der Waals surface area contributed by atoms with Gasteiger partial charge in [0, 0.05) is 43.0 Å². The Morgan fingerprint density at radius 3 is 2.02 bits per heavy atom. The monoisotopic (exact) mass is 870 g/mol. The molecule has 12 nitrogen and oxygen atoms in total. The third kappa shape index (κ3) is 14.8. The first kappa shape index (κ1) is 45.9. The number of carboxylic acid groups (broad SMARTS) is 1. The lowest BCUT2D eigenvalue weighted by Crippen LogP contribution is -2.57. The van der Waals surface area contributed by atoms with E-state index in [1.807, 2.05) is 102 Å². The molecule has 13 heteroatoms. The Labute approximate surface area is 371 Å². The van der Waals surface area contributed by atoms with Crippen LogP contribution in [0.25, 0.3) is 11.1 Å². The summed E-state index contributed by atoms with van der Waals surface area (Å²) in [7, 11) is 0. The molecule has 2 bridgehead atoms. The Hall–Kier alpha value is -6.60. The highest BCUT2D eigenvalue weighted by Gasteiger charge is 2.32. The van der Waals surface area contributed by atoms with Gasteiger partial charge in [-0.2, -0.15) is 0 Å². The van der Waals surface area contributed by atoms with Gasteiger partial charge in [0.05, 0.1) is 6.04 Å². The maximum absolute atomic E-state index is 14.6. The number of nitrogens with one attached hydrogen (secondary N) is 4. The van der Waals surface area contributed by atoms with E-state index < -0.39 is 47.7 Å². The number of aliphatic carboxylic acids is 1. The number of ether oxygens (including phenoxy) is 1. The van der Waals surface area contributed by atoms with Gasteiger partial charge in [0.1, 0.15) is 17.8 Å². The van der Waals surface area contributed by atoms with E-state index in [2.05, 4.69) is 21.3 Å². The quantitative estimate of drug-likeness (QED) is 0.0605. The number of rotatable bonds is 15. The summed E-state index contributed by atoms with van der Waals surface area (Å²) < 4.78 is 5.81. The normalized spacial score (nSPS) is 18.7. The molecule has 3 heterocycles. The Bertz CT molecular complexity index is 2270. The molecule has 0 unspecified atom stereocenters. The van der Waals surface area contributed by atoms with Crippen LogP contribution in [0.2, 0.25) is 0 Å². The number of carboxylic acids is 1. The van der Waals surface area contributed by atoms with Crippen molar-refractivity contribution in [2.24, 2.45) is 5.92 Å². The molecular formula is C50H54N4O8S. The van der Waals surface area contributed by atoms with Crippen molar-refractivity contribution < 1.29 is 38.6 Å². The number of benzene rings is 4. The average molecular weight is 871 g/mol. The first-order valence-electron chi connectivity index (χ1n) is 21.4. The van der Waals surface area contributed by atoms with E-state index in [-0.39, 0.29) is 56.8 Å². The average Bonchev–Trinajstić information content (AvgIpc) is 3.81.